The number of rotatable bonds is 7. The first kappa shape index (κ1) is 19.7. The van der Waals surface area contributed by atoms with Crippen LogP contribution in [0.4, 0.5) is 5.95 Å². The van der Waals surface area contributed by atoms with Crippen LogP contribution in [0.3, 0.4) is 0 Å². The van der Waals surface area contributed by atoms with Crippen molar-refractivity contribution >= 4 is 23.5 Å². The summed E-state index contributed by atoms with van der Waals surface area (Å²) in [6, 6.07) is 3.55. The number of hydrogen-bond donors (Lipinski definition) is 3. The van der Waals surface area contributed by atoms with Gasteiger partial charge in [0.2, 0.25) is 5.95 Å². The van der Waals surface area contributed by atoms with E-state index in [1.165, 1.54) is 10.9 Å². The number of halogens is 1. The molecule has 1 amide bonds. The molecule has 0 aliphatic heterocycles. The zero-order chi connectivity index (χ0) is 20.1. The van der Waals surface area contributed by atoms with E-state index in [2.05, 4.69) is 30.7 Å². The molecular formula is C18H20ClN7O2. The summed E-state index contributed by atoms with van der Waals surface area (Å²) in [7, 11) is 0. The van der Waals surface area contributed by atoms with Gasteiger partial charge in [-0.05, 0) is 26.0 Å². The first-order chi connectivity index (χ1) is 13.4. The van der Waals surface area contributed by atoms with Crippen molar-refractivity contribution in [3.63, 3.8) is 0 Å². The zero-order valence-electron chi connectivity index (χ0n) is 15.4. The maximum Gasteiger partial charge on any atom is 0.254 e. The Kier molecular flexibility index (Phi) is 5.86. The van der Waals surface area contributed by atoms with Crippen LogP contribution in [-0.4, -0.2) is 48.9 Å². The van der Waals surface area contributed by atoms with Gasteiger partial charge in [0.15, 0.2) is 0 Å². The highest BCUT2D eigenvalue weighted by atomic mass is 35.5. The predicted octanol–water partition coefficient (Wildman–Crippen LogP) is 1.78. The lowest BCUT2D eigenvalue weighted by Gasteiger charge is -2.26. The summed E-state index contributed by atoms with van der Waals surface area (Å²) < 4.78 is 1.50. The van der Waals surface area contributed by atoms with Gasteiger partial charge in [-0.3, -0.25) is 9.78 Å². The lowest BCUT2D eigenvalue weighted by molar-refractivity contribution is 0.0945. The maximum atomic E-state index is 11.9. The smallest absolute Gasteiger partial charge is 0.254 e. The van der Waals surface area contributed by atoms with Gasteiger partial charge < -0.3 is 15.7 Å². The molecule has 3 N–H and O–H groups in total. The molecule has 0 saturated heterocycles. The third-order valence-corrected chi connectivity index (χ3v) is 4.22. The molecule has 9 nitrogen and oxygen atoms in total. The molecule has 0 spiro atoms. The largest absolute Gasteiger partial charge is 0.395 e. The summed E-state index contributed by atoms with van der Waals surface area (Å²) >= 11 is 6.24. The number of carbonyl (C=O) groups is 1. The van der Waals surface area contributed by atoms with Gasteiger partial charge in [-0.25, -0.2) is 14.6 Å². The van der Waals surface area contributed by atoms with E-state index in [0.29, 0.717) is 27.9 Å². The summed E-state index contributed by atoms with van der Waals surface area (Å²) in [6.07, 6.45) is 7.86. The van der Waals surface area contributed by atoms with Crippen LogP contribution in [0.2, 0.25) is 5.02 Å². The molecule has 0 fully saturated rings. The maximum absolute atomic E-state index is 11.9. The molecule has 146 valence electrons. The first-order valence-corrected chi connectivity index (χ1v) is 8.94. The molecule has 3 rings (SSSR count). The third-order valence-electron chi connectivity index (χ3n) is 3.92. The van der Waals surface area contributed by atoms with Crippen LogP contribution in [-0.2, 0) is 5.54 Å². The molecule has 0 aliphatic carbocycles. The topological polar surface area (TPSA) is 118 Å². The molecule has 3 aromatic rings. The van der Waals surface area contributed by atoms with Crippen LogP contribution in [0.15, 0.2) is 43.1 Å². The number of anilines is 1. The molecule has 3 aromatic heterocycles. The average Bonchev–Trinajstić information content (AvgIpc) is 3.17. The van der Waals surface area contributed by atoms with Gasteiger partial charge in [0.1, 0.15) is 5.69 Å². The minimum Gasteiger partial charge on any atom is -0.395 e. The third kappa shape index (κ3) is 4.44. The van der Waals surface area contributed by atoms with Crippen LogP contribution in [0.5, 0.6) is 0 Å². The predicted molar refractivity (Wildman–Crippen MR) is 104 cm³/mol. The molecule has 3 heterocycles. The van der Waals surface area contributed by atoms with E-state index in [0.717, 1.165) is 0 Å². The molecular weight excluding hydrogens is 382 g/mol. The Labute approximate surface area is 166 Å². The number of nitrogens with zero attached hydrogens (tertiary/aromatic N) is 5. The molecule has 0 aromatic carbocycles. The quantitative estimate of drug-likeness (QED) is 0.552. The van der Waals surface area contributed by atoms with Crippen LogP contribution in [0.25, 0.3) is 5.69 Å². The van der Waals surface area contributed by atoms with Crippen molar-refractivity contribution in [1.29, 1.82) is 0 Å². The van der Waals surface area contributed by atoms with Gasteiger partial charge in [-0.1, -0.05) is 11.6 Å². The second-order valence-corrected chi connectivity index (χ2v) is 6.91. The van der Waals surface area contributed by atoms with E-state index in [4.69, 9.17) is 16.7 Å². The van der Waals surface area contributed by atoms with E-state index >= 15 is 0 Å². The SMILES string of the molecule is CC(C)(Nc1ncc(-n2cc(C(=O)NCCO)cn2)cn1)c1ncccc1Cl. The van der Waals surface area contributed by atoms with E-state index in [1.54, 1.807) is 36.9 Å². The molecule has 0 bridgehead atoms. The fraction of sp³-hybridized carbons (Fsp3) is 0.278. The Morgan fingerprint density at radius 1 is 1.25 bits per heavy atom. The normalized spacial score (nSPS) is 11.3. The monoisotopic (exact) mass is 401 g/mol. The minimum atomic E-state index is -0.580. The highest BCUT2D eigenvalue weighted by Crippen LogP contribution is 2.28. The van der Waals surface area contributed by atoms with Crippen molar-refractivity contribution in [1.82, 2.24) is 30.0 Å². The van der Waals surface area contributed by atoms with Crippen molar-refractivity contribution in [2.45, 2.75) is 19.4 Å². The average molecular weight is 402 g/mol. The number of aromatic nitrogens is 5. The van der Waals surface area contributed by atoms with E-state index in [1.807, 2.05) is 13.8 Å². The number of amides is 1. The zero-order valence-corrected chi connectivity index (χ0v) is 16.2. The Morgan fingerprint density at radius 2 is 2.00 bits per heavy atom. The summed E-state index contributed by atoms with van der Waals surface area (Å²) in [5, 5.41) is 19.3. The number of pyridine rings is 1. The number of nitrogens with one attached hydrogen (secondary N) is 2. The fourth-order valence-electron chi connectivity index (χ4n) is 2.54. The molecule has 10 heteroatoms. The molecule has 0 saturated carbocycles. The number of carbonyl (C=O) groups excluding carboxylic acids is 1. The number of aliphatic hydroxyl groups is 1. The van der Waals surface area contributed by atoms with E-state index in [-0.39, 0.29) is 19.1 Å². The lowest BCUT2D eigenvalue weighted by atomic mass is 10.00. The van der Waals surface area contributed by atoms with Gasteiger partial charge in [-0.2, -0.15) is 5.10 Å². The van der Waals surface area contributed by atoms with Gasteiger partial charge in [0, 0.05) is 18.9 Å². The van der Waals surface area contributed by atoms with Crippen LogP contribution in [0.1, 0.15) is 29.9 Å². The molecule has 0 atom stereocenters. The van der Waals surface area contributed by atoms with Crippen molar-refractivity contribution in [3.05, 3.63) is 59.4 Å². The first-order valence-electron chi connectivity index (χ1n) is 8.56. The molecule has 0 aliphatic rings. The standard InChI is InChI=1S/C18H20ClN7O2/c1-18(2,15-14(19)4-3-5-20-15)25-17-22-9-13(10-23-17)26-11-12(8-24-26)16(28)21-6-7-27/h3-5,8-11,27H,6-7H2,1-2H3,(H,21,28)(H,22,23,25). The Hall–Kier alpha value is -3.04. The fourth-order valence-corrected chi connectivity index (χ4v) is 2.90. The van der Waals surface area contributed by atoms with Crippen LogP contribution >= 0.6 is 11.6 Å². The summed E-state index contributed by atoms with van der Waals surface area (Å²) in [5.74, 6) is 0.0945. The van der Waals surface area contributed by atoms with Gasteiger partial charge in [0.25, 0.3) is 5.91 Å². The van der Waals surface area contributed by atoms with E-state index in [9.17, 15) is 4.79 Å². The Morgan fingerprint density at radius 3 is 2.68 bits per heavy atom. The molecule has 0 unspecified atom stereocenters. The van der Waals surface area contributed by atoms with Crippen LogP contribution < -0.4 is 10.6 Å². The van der Waals surface area contributed by atoms with Gasteiger partial charge >= 0.3 is 0 Å². The summed E-state index contributed by atoms with van der Waals surface area (Å²) in [5.41, 5.74) is 1.08. The van der Waals surface area contributed by atoms with Crippen molar-refractivity contribution in [2.24, 2.45) is 0 Å². The Balaban J connectivity index is 1.73. The highest BCUT2D eigenvalue weighted by Gasteiger charge is 2.25. The van der Waals surface area contributed by atoms with Crippen molar-refractivity contribution < 1.29 is 9.90 Å². The second-order valence-electron chi connectivity index (χ2n) is 6.50. The van der Waals surface area contributed by atoms with Crippen LogP contribution in [0, 0.1) is 0 Å². The molecule has 0 radical (unpaired) electrons. The minimum absolute atomic E-state index is 0.123. The Bertz CT molecular complexity index is 957. The summed E-state index contributed by atoms with van der Waals surface area (Å²) in [4.78, 5) is 24.8. The molecule has 28 heavy (non-hydrogen) atoms. The van der Waals surface area contributed by atoms with E-state index < -0.39 is 5.54 Å². The van der Waals surface area contributed by atoms with Gasteiger partial charge in [-0.15, -0.1) is 0 Å². The van der Waals surface area contributed by atoms with Gasteiger partial charge in [0.05, 0.1) is 47.0 Å². The second kappa shape index (κ2) is 8.32. The summed E-state index contributed by atoms with van der Waals surface area (Å²) in [6.45, 7) is 3.93. The van der Waals surface area contributed by atoms with Crippen molar-refractivity contribution in [2.75, 3.05) is 18.5 Å². The lowest BCUT2D eigenvalue weighted by Crippen LogP contribution is -2.30. The number of aliphatic hydroxyl groups excluding tert-OH is 1. The number of hydrogen-bond acceptors (Lipinski definition) is 7. The highest BCUT2D eigenvalue weighted by molar-refractivity contribution is 6.31. The van der Waals surface area contributed by atoms with Crippen molar-refractivity contribution in [3.8, 4) is 5.69 Å².